The van der Waals surface area contributed by atoms with Gasteiger partial charge in [0.15, 0.2) is 6.61 Å². The fraction of sp³-hybridized carbons (Fsp3) is 0.190. The molecule has 3 aromatic rings. The smallest absolute Gasteiger partial charge is 0.339 e. The number of carbonyl (C=O) groups is 1. The van der Waals surface area contributed by atoms with Crippen LogP contribution in [0.5, 0.6) is 5.75 Å². The molecule has 0 aliphatic carbocycles. The molecule has 6 nitrogen and oxygen atoms in total. The molecule has 3 rings (SSSR count). The lowest BCUT2D eigenvalue weighted by Crippen LogP contribution is -2.05. The zero-order valence-corrected chi connectivity index (χ0v) is 16.3. The van der Waals surface area contributed by atoms with Crippen LogP contribution in [-0.4, -0.2) is 35.6 Å². The Kier molecular flexibility index (Phi) is 6.71. The Morgan fingerprint density at radius 2 is 1.82 bits per heavy atom. The summed E-state index contributed by atoms with van der Waals surface area (Å²) in [6.45, 7) is 2.04. The van der Waals surface area contributed by atoms with Crippen LogP contribution in [0.3, 0.4) is 0 Å². The van der Waals surface area contributed by atoms with Crippen LogP contribution in [0.25, 0.3) is 11.5 Å². The lowest BCUT2D eigenvalue weighted by molar-refractivity contribution is 0.0556. The van der Waals surface area contributed by atoms with Gasteiger partial charge in [-0.3, -0.25) is 0 Å². The van der Waals surface area contributed by atoms with Crippen molar-refractivity contribution in [1.82, 2.24) is 10.2 Å². The summed E-state index contributed by atoms with van der Waals surface area (Å²) in [7, 11) is 1.57. The summed E-state index contributed by atoms with van der Waals surface area (Å²) < 4.78 is 15.8. The first-order chi connectivity index (χ1) is 13.7. The van der Waals surface area contributed by atoms with Crippen LogP contribution in [0.4, 0.5) is 0 Å². The van der Waals surface area contributed by atoms with Crippen molar-refractivity contribution >= 4 is 17.7 Å². The predicted molar refractivity (Wildman–Crippen MR) is 106 cm³/mol. The summed E-state index contributed by atoms with van der Waals surface area (Å²) >= 11 is 1.33. The quantitative estimate of drug-likeness (QED) is 0.355. The Labute approximate surface area is 167 Å². The molecule has 0 bridgehead atoms. The second-order valence-corrected chi connectivity index (χ2v) is 6.61. The van der Waals surface area contributed by atoms with Gasteiger partial charge in [0.2, 0.25) is 5.89 Å². The van der Waals surface area contributed by atoms with E-state index in [0.29, 0.717) is 28.2 Å². The Morgan fingerprint density at radius 1 is 1.07 bits per heavy atom. The van der Waals surface area contributed by atoms with Gasteiger partial charge in [0, 0.05) is 5.56 Å². The number of hydrogen-bond donors (Lipinski definition) is 0. The SMILES string of the molecule is COc1ccc(C(=O)OCC#CCSc2nnc(-c3ccc(C)cc3)o2)cc1. The Hall–Kier alpha value is -3.24. The van der Waals surface area contributed by atoms with E-state index >= 15 is 0 Å². The minimum atomic E-state index is -0.427. The molecule has 0 N–H and O–H groups in total. The lowest BCUT2D eigenvalue weighted by atomic mass is 10.1. The molecule has 1 aromatic heterocycles. The topological polar surface area (TPSA) is 74.5 Å². The van der Waals surface area contributed by atoms with Crippen LogP contribution in [0.1, 0.15) is 15.9 Å². The van der Waals surface area contributed by atoms with Gasteiger partial charge in [-0.15, -0.1) is 10.2 Å². The summed E-state index contributed by atoms with van der Waals surface area (Å²) in [5.74, 6) is 6.88. The number of rotatable bonds is 6. The molecular weight excluding hydrogens is 376 g/mol. The van der Waals surface area contributed by atoms with Crippen LogP contribution < -0.4 is 4.74 Å². The zero-order valence-electron chi connectivity index (χ0n) is 15.5. The number of ether oxygens (including phenoxy) is 2. The van der Waals surface area contributed by atoms with Gasteiger partial charge in [-0.2, -0.15) is 0 Å². The number of esters is 1. The van der Waals surface area contributed by atoms with Gasteiger partial charge >= 0.3 is 5.97 Å². The first-order valence-electron chi connectivity index (χ1n) is 8.46. The number of methoxy groups -OCH3 is 1. The number of thioether (sulfide) groups is 1. The van der Waals surface area contributed by atoms with Crippen molar-refractivity contribution in [2.24, 2.45) is 0 Å². The molecular formula is C21H18N2O4S. The molecule has 2 aromatic carbocycles. The van der Waals surface area contributed by atoms with Crippen molar-refractivity contribution in [1.29, 1.82) is 0 Å². The van der Waals surface area contributed by atoms with E-state index in [0.717, 1.165) is 5.56 Å². The maximum Gasteiger partial charge on any atom is 0.339 e. The normalized spacial score (nSPS) is 10.1. The van der Waals surface area contributed by atoms with Gasteiger partial charge in [-0.25, -0.2) is 4.79 Å². The third-order valence-electron chi connectivity index (χ3n) is 3.70. The summed E-state index contributed by atoms with van der Waals surface area (Å²) in [6, 6.07) is 14.6. The molecule has 0 aliphatic heterocycles. The first-order valence-corrected chi connectivity index (χ1v) is 9.44. The van der Waals surface area contributed by atoms with Crippen LogP contribution in [-0.2, 0) is 4.74 Å². The second-order valence-electron chi connectivity index (χ2n) is 5.69. The van der Waals surface area contributed by atoms with Gasteiger partial charge in [-0.1, -0.05) is 41.3 Å². The van der Waals surface area contributed by atoms with E-state index < -0.39 is 5.97 Å². The van der Waals surface area contributed by atoms with E-state index in [-0.39, 0.29) is 6.61 Å². The number of aromatic nitrogens is 2. The first kappa shape index (κ1) is 19.5. The fourth-order valence-corrected chi connectivity index (χ4v) is 2.73. The average molecular weight is 394 g/mol. The van der Waals surface area contributed by atoms with E-state index in [4.69, 9.17) is 13.9 Å². The van der Waals surface area contributed by atoms with Gasteiger partial charge in [0.1, 0.15) is 5.75 Å². The van der Waals surface area contributed by atoms with Crippen molar-refractivity contribution in [2.45, 2.75) is 12.1 Å². The molecule has 0 saturated carbocycles. The molecule has 7 heteroatoms. The summed E-state index contributed by atoms with van der Waals surface area (Å²) in [4.78, 5) is 11.9. The van der Waals surface area contributed by atoms with Gasteiger partial charge in [-0.05, 0) is 43.3 Å². The second kappa shape index (κ2) is 9.62. The Balaban J connectivity index is 1.43. The fourth-order valence-electron chi connectivity index (χ4n) is 2.19. The maximum atomic E-state index is 11.9. The minimum Gasteiger partial charge on any atom is -0.497 e. The average Bonchev–Trinajstić information content (AvgIpc) is 3.20. The van der Waals surface area contributed by atoms with Crippen molar-refractivity contribution in [3.05, 3.63) is 59.7 Å². The summed E-state index contributed by atoms with van der Waals surface area (Å²) in [5.41, 5.74) is 2.49. The van der Waals surface area contributed by atoms with Crippen molar-refractivity contribution in [2.75, 3.05) is 19.5 Å². The summed E-state index contributed by atoms with van der Waals surface area (Å²) in [5, 5.41) is 8.48. The molecule has 0 radical (unpaired) electrons. The number of benzene rings is 2. The van der Waals surface area contributed by atoms with Crippen molar-refractivity contribution in [3.8, 4) is 29.0 Å². The standard InChI is InChI=1S/C21H18N2O4S/c1-15-5-7-16(8-6-15)19-22-23-21(27-19)28-14-4-3-13-26-20(24)17-9-11-18(25-2)12-10-17/h5-12H,13-14H2,1-2H3. The molecule has 0 saturated heterocycles. The van der Waals surface area contributed by atoms with Gasteiger partial charge < -0.3 is 13.9 Å². The molecule has 1 heterocycles. The lowest BCUT2D eigenvalue weighted by Gasteiger charge is -2.02. The zero-order chi connectivity index (χ0) is 19.8. The number of hydrogen-bond acceptors (Lipinski definition) is 7. The van der Waals surface area contributed by atoms with Crippen LogP contribution >= 0.6 is 11.8 Å². The Bertz CT molecular complexity index is 986. The number of carbonyl (C=O) groups excluding carboxylic acids is 1. The molecule has 0 unspecified atom stereocenters. The number of aryl methyl sites for hydroxylation is 1. The highest BCUT2D eigenvalue weighted by Gasteiger charge is 2.08. The molecule has 28 heavy (non-hydrogen) atoms. The summed E-state index contributed by atoms with van der Waals surface area (Å²) in [6.07, 6.45) is 0. The van der Waals surface area contributed by atoms with E-state index in [1.807, 2.05) is 31.2 Å². The molecule has 0 atom stereocenters. The third-order valence-corrected chi connectivity index (χ3v) is 4.40. The highest BCUT2D eigenvalue weighted by atomic mass is 32.2. The molecule has 0 spiro atoms. The highest BCUT2D eigenvalue weighted by Crippen LogP contribution is 2.23. The third kappa shape index (κ3) is 5.38. The van der Waals surface area contributed by atoms with E-state index in [9.17, 15) is 4.79 Å². The molecule has 0 fully saturated rings. The predicted octanol–water partition coefficient (Wildman–Crippen LogP) is 4.01. The molecule has 142 valence electrons. The van der Waals surface area contributed by atoms with Gasteiger partial charge in [0.05, 0.1) is 18.4 Å². The monoisotopic (exact) mass is 394 g/mol. The van der Waals surface area contributed by atoms with E-state index in [1.54, 1.807) is 31.4 Å². The van der Waals surface area contributed by atoms with E-state index in [2.05, 4.69) is 22.0 Å². The van der Waals surface area contributed by atoms with Crippen LogP contribution in [0, 0.1) is 18.8 Å². The van der Waals surface area contributed by atoms with Crippen LogP contribution in [0.15, 0.2) is 58.2 Å². The van der Waals surface area contributed by atoms with Crippen molar-refractivity contribution in [3.63, 3.8) is 0 Å². The highest BCUT2D eigenvalue weighted by molar-refractivity contribution is 7.99. The molecule has 0 aliphatic rings. The minimum absolute atomic E-state index is 0.0177. The van der Waals surface area contributed by atoms with E-state index in [1.165, 1.54) is 17.3 Å². The van der Waals surface area contributed by atoms with Crippen LogP contribution in [0.2, 0.25) is 0 Å². The van der Waals surface area contributed by atoms with Crippen molar-refractivity contribution < 1.29 is 18.7 Å². The maximum absolute atomic E-state index is 11.9. The van der Waals surface area contributed by atoms with Gasteiger partial charge in [0.25, 0.3) is 5.22 Å². The number of nitrogens with zero attached hydrogens (tertiary/aromatic N) is 2. The largest absolute Gasteiger partial charge is 0.497 e. The molecule has 0 amide bonds. The Morgan fingerprint density at radius 3 is 2.54 bits per heavy atom.